The molecule has 0 atom stereocenters. The van der Waals surface area contributed by atoms with E-state index < -0.39 is 0 Å². The summed E-state index contributed by atoms with van der Waals surface area (Å²) in [5, 5.41) is 0.691. The molecule has 0 aliphatic rings. The highest BCUT2D eigenvalue weighted by molar-refractivity contribution is 6.44. The number of halogens is 3. The van der Waals surface area contributed by atoms with Gasteiger partial charge in [-0.05, 0) is 31.4 Å². The average Bonchev–Trinajstić information content (AvgIpc) is 2.67. The van der Waals surface area contributed by atoms with Crippen LogP contribution in [-0.4, -0.2) is 18.5 Å². The van der Waals surface area contributed by atoms with Gasteiger partial charge in [0.1, 0.15) is 5.02 Å². The quantitative estimate of drug-likeness (QED) is 0.128. The Labute approximate surface area is 182 Å². The molecule has 1 aromatic rings. The molecule has 0 bridgehead atoms. The van der Waals surface area contributed by atoms with E-state index in [1.807, 2.05) is 0 Å². The first-order valence-electron chi connectivity index (χ1n) is 9.95. The van der Waals surface area contributed by atoms with Crippen molar-refractivity contribution in [1.29, 1.82) is 0 Å². The second-order valence-corrected chi connectivity index (χ2v) is 7.89. The zero-order valence-corrected chi connectivity index (χ0v) is 18.7. The molecule has 7 heteroatoms. The summed E-state index contributed by atoms with van der Waals surface area (Å²) in [6, 6.07) is 3.09. The van der Waals surface area contributed by atoms with Crippen molar-refractivity contribution >= 4 is 46.7 Å². The van der Waals surface area contributed by atoms with E-state index in [1.165, 1.54) is 0 Å². The first-order chi connectivity index (χ1) is 13.5. The number of esters is 2. The van der Waals surface area contributed by atoms with Gasteiger partial charge in [-0.2, -0.15) is 0 Å². The molecule has 0 saturated heterocycles. The number of carbonyl (C=O) groups is 2. The van der Waals surface area contributed by atoms with Crippen molar-refractivity contribution in [3.63, 3.8) is 0 Å². The van der Waals surface area contributed by atoms with E-state index in [2.05, 4.69) is 6.92 Å². The second kappa shape index (κ2) is 14.9. The third-order valence-electron chi connectivity index (χ3n) is 4.24. The lowest BCUT2D eigenvalue weighted by molar-refractivity contribution is -0.144. The maximum absolute atomic E-state index is 11.9. The van der Waals surface area contributed by atoms with Crippen molar-refractivity contribution in [3.05, 3.63) is 27.2 Å². The van der Waals surface area contributed by atoms with Crippen LogP contribution in [0.3, 0.4) is 0 Å². The van der Waals surface area contributed by atoms with Gasteiger partial charge >= 0.3 is 11.9 Å². The average molecular weight is 452 g/mol. The Balaban J connectivity index is 2.05. The molecule has 0 unspecified atom stereocenters. The van der Waals surface area contributed by atoms with Crippen LogP contribution < -0.4 is 4.74 Å². The topological polar surface area (TPSA) is 52.6 Å². The second-order valence-electron chi connectivity index (χ2n) is 6.70. The van der Waals surface area contributed by atoms with Crippen molar-refractivity contribution in [1.82, 2.24) is 0 Å². The van der Waals surface area contributed by atoms with E-state index in [9.17, 15) is 9.59 Å². The van der Waals surface area contributed by atoms with Gasteiger partial charge in [0.2, 0.25) is 0 Å². The molecule has 0 fully saturated rings. The van der Waals surface area contributed by atoms with Gasteiger partial charge in [-0.3, -0.25) is 9.59 Å². The van der Waals surface area contributed by atoms with Gasteiger partial charge in [0.05, 0.1) is 16.7 Å². The first kappa shape index (κ1) is 25.1. The van der Waals surface area contributed by atoms with Crippen LogP contribution in [0.15, 0.2) is 12.1 Å². The number of hydrogen-bond donors (Lipinski definition) is 0. The lowest BCUT2D eigenvalue weighted by Crippen LogP contribution is -2.08. The van der Waals surface area contributed by atoms with Gasteiger partial charge in [0.15, 0.2) is 5.75 Å². The maximum Gasteiger partial charge on any atom is 0.311 e. The standard InChI is InChI=1S/C21H29Cl3O4/c1-2-3-10-15-27-18(25)11-8-6-4-5-7-9-12-19(26)28-21-17(23)14-13-16(22)20(21)24/h13-14H,2-12,15H2,1H3. The highest BCUT2D eigenvalue weighted by Gasteiger charge is 2.14. The van der Waals surface area contributed by atoms with Crippen LogP contribution in [0, 0.1) is 0 Å². The Hall–Kier alpha value is -0.970. The van der Waals surface area contributed by atoms with Gasteiger partial charge < -0.3 is 9.47 Å². The number of unbranched alkanes of at least 4 members (excludes halogenated alkanes) is 7. The smallest absolute Gasteiger partial charge is 0.311 e. The number of benzene rings is 1. The molecule has 28 heavy (non-hydrogen) atoms. The van der Waals surface area contributed by atoms with Crippen LogP contribution in [0.1, 0.15) is 77.6 Å². The van der Waals surface area contributed by atoms with Crippen LogP contribution >= 0.6 is 34.8 Å². The Morgan fingerprint density at radius 3 is 2.00 bits per heavy atom. The predicted octanol–water partition coefficient (Wildman–Crippen LogP) is 7.41. The minimum absolute atomic E-state index is 0.0998. The summed E-state index contributed by atoms with van der Waals surface area (Å²) in [5.74, 6) is -0.364. The summed E-state index contributed by atoms with van der Waals surface area (Å²) in [6.45, 7) is 2.66. The number of carbonyl (C=O) groups excluding carboxylic acids is 2. The zero-order valence-electron chi connectivity index (χ0n) is 16.4. The number of ether oxygens (including phenoxy) is 2. The molecule has 0 aliphatic heterocycles. The van der Waals surface area contributed by atoms with Crippen LogP contribution in [0.25, 0.3) is 0 Å². The molecule has 0 spiro atoms. The predicted molar refractivity (Wildman–Crippen MR) is 115 cm³/mol. The van der Waals surface area contributed by atoms with Crippen molar-refractivity contribution in [2.45, 2.75) is 77.6 Å². The molecular formula is C21H29Cl3O4. The monoisotopic (exact) mass is 450 g/mol. The van der Waals surface area contributed by atoms with Crippen LogP contribution in [-0.2, 0) is 14.3 Å². The van der Waals surface area contributed by atoms with Gasteiger partial charge in [0, 0.05) is 12.8 Å². The van der Waals surface area contributed by atoms with E-state index in [-0.39, 0.29) is 27.7 Å². The Morgan fingerprint density at radius 2 is 1.36 bits per heavy atom. The fourth-order valence-electron chi connectivity index (χ4n) is 2.62. The lowest BCUT2D eigenvalue weighted by atomic mass is 10.1. The number of rotatable bonds is 14. The van der Waals surface area contributed by atoms with Gasteiger partial charge in [-0.25, -0.2) is 0 Å². The molecule has 0 heterocycles. The third kappa shape index (κ3) is 10.5. The fourth-order valence-corrected chi connectivity index (χ4v) is 3.22. The van der Waals surface area contributed by atoms with Crippen LogP contribution in [0.4, 0.5) is 0 Å². The molecule has 0 amide bonds. The van der Waals surface area contributed by atoms with Crippen LogP contribution in [0.2, 0.25) is 15.1 Å². The van der Waals surface area contributed by atoms with E-state index in [0.717, 1.165) is 57.8 Å². The first-order valence-corrected chi connectivity index (χ1v) is 11.1. The molecule has 0 aromatic heterocycles. The molecular weight excluding hydrogens is 423 g/mol. The van der Waals surface area contributed by atoms with Crippen molar-refractivity contribution < 1.29 is 19.1 Å². The summed E-state index contributed by atoms with van der Waals surface area (Å²) in [4.78, 5) is 23.5. The summed E-state index contributed by atoms with van der Waals surface area (Å²) < 4.78 is 10.4. The fraction of sp³-hybridized carbons (Fsp3) is 0.619. The van der Waals surface area contributed by atoms with E-state index in [0.29, 0.717) is 24.5 Å². The van der Waals surface area contributed by atoms with Gasteiger partial charge in [-0.1, -0.05) is 80.3 Å². The summed E-state index contributed by atoms with van der Waals surface area (Å²) in [7, 11) is 0. The highest BCUT2D eigenvalue weighted by Crippen LogP contribution is 2.38. The molecule has 0 aliphatic carbocycles. The van der Waals surface area contributed by atoms with E-state index >= 15 is 0 Å². The van der Waals surface area contributed by atoms with Gasteiger partial charge in [-0.15, -0.1) is 0 Å². The third-order valence-corrected chi connectivity index (χ3v) is 5.33. The van der Waals surface area contributed by atoms with Crippen molar-refractivity contribution in [3.8, 4) is 5.75 Å². The molecule has 0 N–H and O–H groups in total. The molecule has 0 radical (unpaired) electrons. The van der Waals surface area contributed by atoms with Crippen molar-refractivity contribution in [2.24, 2.45) is 0 Å². The number of hydrogen-bond acceptors (Lipinski definition) is 4. The summed E-state index contributed by atoms with van der Waals surface area (Å²) in [5.41, 5.74) is 0. The SMILES string of the molecule is CCCCCOC(=O)CCCCCCCCC(=O)Oc1c(Cl)ccc(Cl)c1Cl. The highest BCUT2D eigenvalue weighted by atomic mass is 35.5. The minimum Gasteiger partial charge on any atom is -0.466 e. The van der Waals surface area contributed by atoms with Crippen molar-refractivity contribution in [2.75, 3.05) is 6.61 Å². The Morgan fingerprint density at radius 1 is 0.786 bits per heavy atom. The van der Waals surface area contributed by atoms with Gasteiger partial charge in [0.25, 0.3) is 0 Å². The summed E-state index contributed by atoms with van der Waals surface area (Å²) in [6.07, 6.45) is 9.48. The van der Waals surface area contributed by atoms with Crippen LogP contribution in [0.5, 0.6) is 5.75 Å². The Kier molecular flexibility index (Phi) is 13.4. The minimum atomic E-state index is -0.378. The lowest BCUT2D eigenvalue weighted by Gasteiger charge is -2.09. The van der Waals surface area contributed by atoms with E-state index in [4.69, 9.17) is 44.3 Å². The molecule has 1 aromatic carbocycles. The summed E-state index contributed by atoms with van der Waals surface area (Å²) >= 11 is 17.9. The molecule has 1 rings (SSSR count). The molecule has 158 valence electrons. The molecule has 4 nitrogen and oxygen atoms in total. The molecule has 0 saturated carbocycles. The Bertz CT molecular complexity index is 620. The maximum atomic E-state index is 11.9. The largest absolute Gasteiger partial charge is 0.466 e. The zero-order chi connectivity index (χ0) is 20.8. The normalized spacial score (nSPS) is 10.7. The van der Waals surface area contributed by atoms with E-state index in [1.54, 1.807) is 12.1 Å².